The summed E-state index contributed by atoms with van der Waals surface area (Å²) in [6.45, 7) is 9.59. The Morgan fingerprint density at radius 2 is 1.74 bits per heavy atom. The predicted octanol–water partition coefficient (Wildman–Crippen LogP) is 2.67. The van der Waals surface area contributed by atoms with E-state index >= 15 is 0 Å². The first-order valence-corrected chi connectivity index (χ1v) is 7.49. The van der Waals surface area contributed by atoms with Crippen LogP contribution in [0.15, 0.2) is 22.7 Å². The van der Waals surface area contributed by atoms with Gasteiger partial charge in [-0.25, -0.2) is 4.39 Å². The molecule has 1 aliphatic heterocycles. The molecular weight excluding hydrogens is 298 g/mol. The number of aryl methyl sites for hydroxylation is 1. The number of nitrogens with zero attached hydrogens (tertiary/aromatic N) is 1. The highest BCUT2D eigenvalue weighted by molar-refractivity contribution is 6.64. The van der Waals surface area contributed by atoms with Crippen molar-refractivity contribution < 1.29 is 18.2 Å². The van der Waals surface area contributed by atoms with Gasteiger partial charge in [0.1, 0.15) is 17.3 Å². The zero-order valence-corrected chi connectivity index (χ0v) is 13.9. The molecule has 5 nitrogen and oxygen atoms in total. The Morgan fingerprint density at radius 1 is 1.13 bits per heavy atom. The lowest BCUT2D eigenvalue weighted by Gasteiger charge is -2.32. The van der Waals surface area contributed by atoms with E-state index in [0.29, 0.717) is 28.2 Å². The van der Waals surface area contributed by atoms with E-state index in [1.54, 1.807) is 19.1 Å². The van der Waals surface area contributed by atoms with Crippen LogP contribution in [0.1, 0.15) is 33.5 Å². The third kappa shape index (κ3) is 2.54. The van der Waals surface area contributed by atoms with E-state index in [-0.39, 0.29) is 0 Å². The van der Waals surface area contributed by atoms with Crippen molar-refractivity contribution in [3.63, 3.8) is 0 Å². The average molecular weight is 318 g/mol. The van der Waals surface area contributed by atoms with Gasteiger partial charge < -0.3 is 19.6 Å². The first-order chi connectivity index (χ1) is 10.6. The molecule has 1 fully saturated rings. The van der Waals surface area contributed by atoms with Crippen LogP contribution < -0.4 is 11.2 Å². The molecule has 1 aromatic heterocycles. The van der Waals surface area contributed by atoms with Gasteiger partial charge in [0.25, 0.3) is 0 Å². The van der Waals surface area contributed by atoms with E-state index < -0.39 is 24.1 Å². The lowest BCUT2D eigenvalue weighted by Crippen LogP contribution is -2.41. The van der Waals surface area contributed by atoms with Crippen molar-refractivity contribution in [3.05, 3.63) is 29.8 Å². The highest BCUT2D eigenvalue weighted by atomic mass is 19.1. The molecule has 0 spiro atoms. The first kappa shape index (κ1) is 16.0. The maximum Gasteiger partial charge on any atom is 0.500 e. The standard InChI is InChI=1S/C16H20BFN2O3/c1-9-13(17-22-15(2,3)16(4,5)23-17)14(20-21-9)11-7-6-10(19)8-12(11)18/h6-8H,19H2,1-5H3. The molecule has 1 saturated heterocycles. The molecule has 0 unspecified atom stereocenters. The zero-order chi connectivity index (χ0) is 17.0. The van der Waals surface area contributed by atoms with Gasteiger partial charge in [0.2, 0.25) is 0 Å². The van der Waals surface area contributed by atoms with Gasteiger partial charge in [-0.3, -0.25) is 0 Å². The van der Waals surface area contributed by atoms with Crippen molar-refractivity contribution in [2.75, 3.05) is 5.73 Å². The summed E-state index contributed by atoms with van der Waals surface area (Å²) < 4.78 is 31.6. The third-order valence-corrected chi connectivity index (χ3v) is 4.65. The first-order valence-electron chi connectivity index (χ1n) is 7.49. The van der Waals surface area contributed by atoms with Crippen LogP contribution in [0.3, 0.4) is 0 Å². The van der Waals surface area contributed by atoms with E-state index in [4.69, 9.17) is 19.6 Å². The second kappa shape index (κ2) is 5.07. The molecule has 1 aliphatic rings. The van der Waals surface area contributed by atoms with Crippen molar-refractivity contribution in [1.82, 2.24) is 5.16 Å². The van der Waals surface area contributed by atoms with Gasteiger partial charge >= 0.3 is 7.12 Å². The van der Waals surface area contributed by atoms with E-state index in [2.05, 4.69) is 5.16 Å². The van der Waals surface area contributed by atoms with Crippen LogP contribution in [0.5, 0.6) is 0 Å². The van der Waals surface area contributed by atoms with E-state index in [9.17, 15) is 4.39 Å². The number of anilines is 1. The molecule has 0 saturated carbocycles. The second-order valence-corrected chi connectivity index (χ2v) is 6.83. The van der Waals surface area contributed by atoms with Crippen molar-refractivity contribution in [2.24, 2.45) is 0 Å². The highest BCUT2D eigenvalue weighted by Gasteiger charge is 2.53. The largest absolute Gasteiger partial charge is 0.500 e. The molecule has 23 heavy (non-hydrogen) atoms. The predicted molar refractivity (Wildman–Crippen MR) is 86.8 cm³/mol. The van der Waals surface area contributed by atoms with Crippen molar-refractivity contribution >= 4 is 18.3 Å². The van der Waals surface area contributed by atoms with Crippen LogP contribution >= 0.6 is 0 Å². The third-order valence-electron chi connectivity index (χ3n) is 4.65. The van der Waals surface area contributed by atoms with Crippen LogP contribution in [0, 0.1) is 12.7 Å². The van der Waals surface area contributed by atoms with Crippen LogP contribution in [0.25, 0.3) is 11.3 Å². The van der Waals surface area contributed by atoms with Gasteiger partial charge in [0, 0.05) is 11.3 Å². The fourth-order valence-corrected chi connectivity index (χ4v) is 2.54. The summed E-state index contributed by atoms with van der Waals surface area (Å²) in [5.74, 6) is 0.0748. The van der Waals surface area contributed by atoms with E-state index in [1.165, 1.54) is 6.07 Å². The normalized spacial score (nSPS) is 19.3. The molecule has 122 valence electrons. The summed E-state index contributed by atoms with van der Waals surface area (Å²) in [5, 5.41) is 4.00. The Kier molecular flexibility index (Phi) is 3.53. The van der Waals surface area contributed by atoms with Gasteiger partial charge in [-0.15, -0.1) is 0 Å². The number of aromatic nitrogens is 1. The maximum atomic E-state index is 14.3. The Morgan fingerprint density at radius 3 is 2.30 bits per heavy atom. The highest BCUT2D eigenvalue weighted by Crippen LogP contribution is 2.37. The molecule has 3 rings (SSSR count). The van der Waals surface area contributed by atoms with Crippen LogP contribution in [-0.4, -0.2) is 23.5 Å². The maximum absolute atomic E-state index is 14.3. The Bertz CT molecular complexity index is 742. The molecule has 0 radical (unpaired) electrons. The molecule has 0 aliphatic carbocycles. The van der Waals surface area contributed by atoms with Crippen LogP contribution in [0.4, 0.5) is 10.1 Å². The lowest BCUT2D eigenvalue weighted by atomic mass is 9.76. The number of nitrogen functional groups attached to an aromatic ring is 1. The molecule has 1 aromatic carbocycles. The number of hydrogen-bond donors (Lipinski definition) is 1. The van der Waals surface area contributed by atoms with Crippen molar-refractivity contribution in [2.45, 2.75) is 45.8 Å². The molecule has 0 amide bonds. The smallest absolute Gasteiger partial charge is 0.399 e. The monoisotopic (exact) mass is 318 g/mol. The molecule has 7 heteroatoms. The number of halogens is 1. The molecule has 2 aromatic rings. The summed E-state index contributed by atoms with van der Waals surface area (Å²) in [6, 6.07) is 4.46. The number of rotatable bonds is 2. The topological polar surface area (TPSA) is 70.5 Å². The summed E-state index contributed by atoms with van der Waals surface area (Å²) in [4.78, 5) is 0. The summed E-state index contributed by atoms with van der Waals surface area (Å²) in [6.07, 6.45) is 0. The van der Waals surface area contributed by atoms with Crippen molar-refractivity contribution in [1.29, 1.82) is 0 Å². The van der Waals surface area contributed by atoms with E-state index in [1.807, 2.05) is 27.7 Å². The van der Waals surface area contributed by atoms with Crippen molar-refractivity contribution in [3.8, 4) is 11.3 Å². The minimum absolute atomic E-state index is 0.306. The Balaban J connectivity index is 2.07. The second-order valence-electron chi connectivity index (χ2n) is 6.83. The molecule has 2 N–H and O–H groups in total. The summed E-state index contributed by atoms with van der Waals surface area (Å²) >= 11 is 0. The average Bonchev–Trinajstić information content (AvgIpc) is 2.87. The number of benzene rings is 1. The van der Waals surface area contributed by atoms with Crippen LogP contribution in [0.2, 0.25) is 0 Å². The quantitative estimate of drug-likeness (QED) is 0.681. The number of nitrogens with two attached hydrogens (primary N) is 1. The fourth-order valence-electron chi connectivity index (χ4n) is 2.54. The SMILES string of the molecule is Cc1onc(-c2ccc(N)cc2F)c1B1OC(C)(C)C(C)(C)O1. The van der Waals surface area contributed by atoms with Gasteiger partial charge in [-0.1, -0.05) is 5.16 Å². The lowest BCUT2D eigenvalue weighted by molar-refractivity contribution is 0.00578. The van der Waals surface area contributed by atoms with Gasteiger partial charge in [0.15, 0.2) is 0 Å². The minimum Gasteiger partial charge on any atom is -0.399 e. The fraction of sp³-hybridized carbons (Fsp3) is 0.438. The Labute approximate surface area is 135 Å². The molecular formula is C16H20BFN2O3. The summed E-state index contributed by atoms with van der Waals surface area (Å²) in [5.41, 5.74) is 6.24. The molecule has 2 heterocycles. The molecule has 0 atom stereocenters. The minimum atomic E-state index is -0.668. The van der Waals surface area contributed by atoms with Gasteiger partial charge in [-0.2, -0.15) is 0 Å². The number of hydrogen-bond acceptors (Lipinski definition) is 5. The van der Waals surface area contributed by atoms with Gasteiger partial charge in [-0.05, 0) is 52.8 Å². The molecule has 0 bridgehead atoms. The van der Waals surface area contributed by atoms with E-state index in [0.717, 1.165) is 0 Å². The van der Waals surface area contributed by atoms with Crippen LogP contribution in [-0.2, 0) is 9.31 Å². The Hall–Kier alpha value is -1.86. The summed E-state index contributed by atoms with van der Waals surface area (Å²) in [7, 11) is -0.668. The zero-order valence-electron chi connectivity index (χ0n) is 13.9. The van der Waals surface area contributed by atoms with Gasteiger partial charge in [0.05, 0.1) is 16.7 Å².